The van der Waals surface area contributed by atoms with Crippen molar-refractivity contribution in [3.8, 4) is 0 Å². The highest BCUT2D eigenvalue weighted by molar-refractivity contribution is 5.19. The molecule has 2 rings (SSSR count). The van der Waals surface area contributed by atoms with Crippen LogP contribution in [-0.2, 0) is 0 Å². The van der Waals surface area contributed by atoms with Gasteiger partial charge < -0.3 is 5.32 Å². The summed E-state index contributed by atoms with van der Waals surface area (Å²) < 4.78 is 0. The van der Waals surface area contributed by atoms with Gasteiger partial charge >= 0.3 is 0 Å². The average molecular weight is 231 g/mol. The number of hydrogen-bond acceptors (Lipinski definition) is 1. The molecule has 17 heavy (non-hydrogen) atoms. The van der Waals surface area contributed by atoms with Crippen LogP contribution >= 0.6 is 0 Å². The lowest BCUT2D eigenvalue weighted by Gasteiger charge is -2.32. The van der Waals surface area contributed by atoms with Crippen LogP contribution in [0.15, 0.2) is 30.3 Å². The van der Waals surface area contributed by atoms with Gasteiger partial charge in [-0.1, -0.05) is 57.5 Å². The zero-order valence-electron chi connectivity index (χ0n) is 11.4. The van der Waals surface area contributed by atoms with E-state index < -0.39 is 0 Å². The summed E-state index contributed by atoms with van der Waals surface area (Å²) >= 11 is 0. The molecule has 94 valence electrons. The monoisotopic (exact) mass is 231 g/mol. The molecule has 1 aromatic rings. The summed E-state index contributed by atoms with van der Waals surface area (Å²) in [6.45, 7) is 7.07. The van der Waals surface area contributed by atoms with Crippen LogP contribution in [-0.4, -0.2) is 6.04 Å². The van der Waals surface area contributed by atoms with Crippen molar-refractivity contribution in [1.29, 1.82) is 0 Å². The number of hydrogen-bond donors (Lipinski definition) is 1. The average Bonchev–Trinajstić information content (AvgIpc) is 2.66. The molecule has 1 heteroatoms. The Labute approximate surface area is 106 Å². The van der Waals surface area contributed by atoms with Crippen molar-refractivity contribution in [1.82, 2.24) is 5.32 Å². The van der Waals surface area contributed by atoms with E-state index in [0.29, 0.717) is 17.5 Å². The van der Waals surface area contributed by atoms with Gasteiger partial charge in [0.2, 0.25) is 0 Å². The van der Waals surface area contributed by atoms with E-state index in [2.05, 4.69) is 56.4 Å². The molecule has 1 N–H and O–H groups in total. The highest BCUT2D eigenvalue weighted by atomic mass is 15.0. The standard InChI is InChI=1S/C16H25N/c1-4-14(13-9-6-5-7-10-13)17-15-11-8-12-16(15,2)3/h5-7,9-10,14-15,17H,4,8,11-12H2,1-3H3. The molecule has 0 spiro atoms. The molecule has 1 nitrogen and oxygen atoms in total. The van der Waals surface area contributed by atoms with E-state index >= 15 is 0 Å². The van der Waals surface area contributed by atoms with Gasteiger partial charge in [-0.25, -0.2) is 0 Å². The Balaban J connectivity index is 2.06. The third-order valence-corrected chi connectivity index (χ3v) is 4.27. The van der Waals surface area contributed by atoms with E-state index in [-0.39, 0.29) is 0 Å². The second kappa shape index (κ2) is 5.22. The lowest BCUT2D eigenvalue weighted by molar-refractivity contribution is 0.259. The smallest absolute Gasteiger partial charge is 0.0320 e. The van der Waals surface area contributed by atoms with Crippen molar-refractivity contribution in [3.05, 3.63) is 35.9 Å². The van der Waals surface area contributed by atoms with Crippen LogP contribution in [0.1, 0.15) is 58.1 Å². The Hall–Kier alpha value is -0.820. The Bertz CT molecular complexity index is 342. The summed E-state index contributed by atoms with van der Waals surface area (Å²) in [7, 11) is 0. The van der Waals surface area contributed by atoms with Gasteiger partial charge in [-0.15, -0.1) is 0 Å². The molecule has 0 radical (unpaired) electrons. The SMILES string of the molecule is CCC(NC1CCCC1(C)C)c1ccccc1. The summed E-state index contributed by atoms with van der Waals surface area (Å²) in [5, 5.41) is 3.87. The van der Waals surface area contributed by atoms with Gasteiger partial charge in [0.1, 0.15) is 0 Å². The number of nitrogens with one attached hydrogen (secondary N) is 1. The maximum Gasteiger partial charge on any atom is 0.0320 e. The molecule has 0 amide bonds. The Kier molecular flexibility index (Phi) is 3.88. The largest absolute Gasteiger partial charge is 0.307 e. The fourth-order valence-corrected chi connectivity index (χ4v) is 3.01. The molecule has 0 aromatic heterocycles. The van der Waals surface area contributed by atoms with Gasteiger partial charge in [-0.3, -0.25) is 0 Å². The second-order valence-corrected chi connectivity index (χ2v) is 5.97. The van der Waals surface area contributed by atoms with E-state index in [9.17, 15) is 0 Å². The van der Waals surface area contributed by atoms with Crippen molar-refractivity contribution in [3.63, 3.8) is 0 Å². The van der Waals surface area contributed by atoms with Crippen LogP contribution in [0.25, 0.3) is 0 Å². The van der Waals surface area contributed by atoms with Crippen LogP contribution < -0.4 is 5.32 Å². The van der Waals surface area contributed by atoms with Gasteiger partial charge in [0.25, 0.3) is 0 Å². The molecule has 1 fully saturated rings. The molecule has 2 unspecified atom stereocenters. The molecule has 0 bridgehead atoms. The summed E-state index contributed by atoms with van der Waals surface area (Å²) in [5.41, 5.74) is 1.89. The van der Waals surface area contributed by atoms with Crippen LogP contribution in [0, 0.1) is 5.41 Å². The molecular weight excluding hydrogens is 206 g/mol. The molecule has 1 saturated carbocycles. The van der Waals surface area contributed by atoms with Crippen LogP contribution in [0.5, 0.6) is 0 Å². The topological polar surface area (TPSA) is 12.0 Å². The zero-order chi connectivity index (χ0) is 12.3. The lowest BCUT2D eigenvalue weighted by atomic mass is 9.86. The first-order valence-corrected chi connectivity index (χ1v) is 6.94. The summed E-state index contributed by atoms with van der Waals surface area (Å²) in [6.07, 6.45) is 5.22. The molecule has 1 aliphatic carbocycles. The Morgan fingerprint density at radius 1 is 1.29 bits per heavy atom. The van der Waals surface area contributed by atoms with Gasteiger partial charge in [-0.2, -0.15) is 0 Å². The van der Waals surface area contributed by atoms with Crippen molar-refractivity contribution >= 4 is 0 Å². The second-order valence-electron chi connectivity index (χ2n) is 5.97. The van der Waals surface area contributed by atoms with E-state index in [4.69, 9.17) is 0 Å². The zero-order valence-corrected chi connectivity index (χ0v) is 11.4. The molecule has 1 aliphatic rings. The van der Waals surface area contributed by atoms with Crippen molar-refractivity contribution in [2.24, 2.45) is 5.41 Å². The first-order chi connectivity index (χ1) is 8.13. The number of rotatable bonds is 4. The fraction of sp³-hybridized carbons (Fsp3) is 0.625. The van der Waals surface area contributed by atoms with E-state index in [1.54, 1.807) is 0 Å². The van der Waals surface area contributed by atoms with E-state index in [1.165, 1.54) is 24.8 Å². The molecule has 0 saturated heterocycles. The normalized spacial score (nSPS) is 24.8. The Morgan fingerprint density at radius 2 is 2.00 bits per heavy atom. The van der Waals surface area contributed by atoms with Crippen LogP contribution in [0.2, 0.25) is 0 Å². The minimum atomic E-state index is 0.461. The fourth-order valence-electron chi connectivity index (χ4n) is 3.01. The van der Waals surface area contributed by atoms with Crippen LogP contribution in [0.3, 0.4) is 0 Å². The van der Waals surface area contributed by atoms with Crippen molar-refractivity contribution in [2.75, 3.05) is 0 Å². The third-order valence-electron chi connectivity index (χ3n) is 4.27. The molecular formula is C16H25N. The number of benzene rings is 1. The molecule has 2 atom stereocenters. The maximum atomic E-state index is 3.87. The van der Waals surface area contributed by atoms with E-state index in [0.717, 1.165) is 6.42 Å². The third kappa shape index (κ3) is 2.90. The highest BCUT2D eigenvalue weighted by Crippen LogP contribution is 2.38. The molecule has 1 aromatic carbocycles. The van der Waals surface area contributed by atoms with Gasteiger partial charge in [0.15, 0.2) is 0 Å². The highest BCUT2D eigenvalue weighted by Gasteiger charge is 2.35. The lowest BCUT2D eigenvalue weighted by Crippen LogP contribution is -2.39. The van der Waals surface area contributed by atoms with Crippen molar-refractivity contribution < 1.29 is 0 Å². The minimum absolute atomic E-state index is 0.461. The Morgan fingerprint density at radius 3 is 2.53 bits per heavy atom. The first kappa shape index (κ1) is 12.6. The maximum absolute atomic E-state index is 3.87. The van der Waals surface area contributed by atoms with Crippen LogP contribution in [0.4, 0.5) is 0 Å². The summed E-state index contributed by atoms with van der Waals surface area (Å²) in [4.78, 5) is 0. The summed E-state index contributed by atoms with van der Waals surface area (Å²) in [5.74, 6) is 0. The van der Waals surface area contributed by atoms with E-state index in [1.807, 2.05) is 0 Å². The predicted octanol–water partition coefficient (Wildman–Crippen LogP) is 4.31. The molecule has 0 aliphatic heterocycles. The predicted molar refractivity (Wildman–Crippen MR) is 74.0 cm³/mol. The van der Waals surface area contributed by atoms with Crippen molar-refractivity contribution in [2.45, 2.75) is 58.5 Å². The van der Waals surface area contributed by atoms with Gasteiger partial charge in [0, 0.05) is 12.1 Å². The first-order valence-electron chi connectivity index (χ1n) is 6.94. The minimum Gasteiger partial charge on any atom is -0.307 e. The quantitative estimate of drug-likeness (QED) is 0.814. The summed E-state index contributed by atoms with van der Waals surface area (Å²) in [6, 6.07) is 12.0. The molecule has 0 heterocycles. The van der Waals surface area contributed by atoms with Gasteiger partial charge in [0.05, 0.1) is 0 Å². The van der Waals surface area contributed by atoms with Gasteiger partial charge in [-0.05, 0) is 30.2 Å².